The van der Waals surface area contributed by atoms with Gasteiger partial charge >= 0.3 is 5.97 Å². The van der Waals surface area contributed by atoms with Crippen molar-refractivity contribution in [1.82, 2.24) is 15.1 Å². The summed E-state index contributed by atoms with van der Waals surface area (Å²) in [5, 5.41) is 17.4. The molecule has 1 amide bonds. The number of benzene rings is 1. The topological polar surface area (TPSA) is 86.3 Å². The van der Waals surface area contributed by atoms with E-state index in [1.807, 2.05) is 24.3 Å². The highest BCUT2D eigenvalue weighted by atomic mass is 16.4. The minimum Gasteiger partial charge on any atom is -0.481 e. The SMILES string of the molecule is CC1(C(=O)O)CCCN(C(=O)Cc2[nH]nc3ccccc23)C1. The van der Waals surface area contributed by atoms with Crippen molar-refractivity contribution >= 4 is 22.8 Å². The summed E-state index contributed by atoms with van der Waals surface area (Å²) in [5.74, 6) is -0.890. The van der Waals surface area contributed by atoms with E-state index in [2.05, 4.69) is 10.2 Å². The number of hydrogen-bond donors (Lipinski definition) is 2. The first-order valence-electron chi connectivity index (χ1n) is 7.43. The summed E-state index contributed by atoms with van der Waals surface area (Å²) in [6.45, 7) is 2.60. The molecule has 1 aromatic heterocycles. The Kier molecular flexibility index (Phi) is 3.60. The van der Waals surface area contributed by atoms with Crippen LogP contribution in [-0.4, -0.2) is 45.2 Å². The van der Waals surface area contributed by atoms with E-state index in [1.165, 1.54) is 0 Å². The molecular weight excluding hydrogens is 282 g/mol. The highest BCUT2D eigenvalue weighted by Crippen LogP contribution is 2.30. The summed E-state index contributed by atoms with van der Waals surface area (Å²) in [6.07, 6.45) is 1.55. The van der Waals surface area contributed by atoms with Gasteiger partial charge in [-0.15, -0.1) is 0 Å². The van der Waals surface area contributed by atoms with E-state index in [-0.39, 0.29) is 18.9 Å². The average Bonchev–Trinajstić information content (AvgIpc) is 2.90. The molecule has 1 aromatic carbocycles. The lowest BCUT2D eigenvalue weighted by Crippen LogP contribution is -2.48. The van der Waals surface area contributed by atoms with Gasteiger partial charge in [0, 0.05) is 18.5 Å². The van der Waals surface area contributed by atoms with Gasteiger partial charge in [-0.3, -0.25) is 14.7 Å². The van der Waals surface area contributed by atoms with E-state index in [4.69, 9.17) is 0 Å². The number of piperidine rings is 1. The van der Waals surface area contributed by atoms with Gasteiger partial charge in [0.15, 0.2) is 0 Å². The fraction of sp³-hybridized carbons (Fsp3) is 0.438. The number of likely N-dealkylation sites (tertiary alicyclic amines) is 1. The molecule has 0 bridgehead atoms. The number of aliphatic carboxylic acids is 1. The summed E-state index contributed by atoms with van der Waals surface area (Å²) in [5.41, 5.74) is 0.770. The Hall–Kier alpha value is -2.37. The van der Waals surface area contributed by atoms with Crippen LogP contribution in [0.3, 0.4) is 0 Å². The van der Waals surface area contributed by atoms with Crippen LogP contribution in [0.1, 0.15) is 25.5 Å². The molecule has 2 N–H and O–H groups in total. The molecule has 22 heavy (non-hydrogen) atoms. The van der Waals surface area contributed by atoms with E-state index in [0.29, 0.717) is 13.0 Å². The summed E-state index contributed by atoms with van der Waals surface area (Å²) in [7, 11) is 0. The smallest absolute Gasteiger partial charge is 0.311 e. The molecule has 1 saturated heterocycles. The second-order valence-electron chi connectivity index (χ2n) is 6.18. The number of nitrogens with one attached hydrogen (secondary N) is 1. The van der Waals surface area contributed by atoms with Crippen LogP contribution in [0.5, 0.6) is 0 Å². The lowest BCUT2D eigenvalue weighted by atomic mass is 9.82. The molecule has 1 aliphatic rings. The number of H-pyrrole nitrogens is 1. The normalized spacial score (nSPS) is 22.0. The maximum atomic E-state index is 12.5. The zero-order chi connectivity index (χ0) is 15.7. The van der Waals surface area contributed by atoms with Crippen LogP contribution in [0.15, 0.2) is 24.3 Å². The summed E-state index contributed by atoms with van der Waals surface area (Å²) in [6, 6.07) is 7.63. The Morgan fingerprint density at radius 1 is 1.41 bits per heavy atom. The second kappa shape index (κ2) is 5.44. The molecule has 2 aromatic rings. The van der Waals surface area contributed by atoms with Gasteiger partial charge in [0.25, 0.3) is 0 Å². The molecule has 0 aliphatic carbocycles. The molecule has 3 rings (SSSR count). The Morgan fingerprint density at radius 3 is 2.95 bits per heavy atom. The summed E-state index contributed by atoms with van der Waals surface area (Å²) in [4.78, 5) is 25.5. The van der Waals surface area contributed by atoms with Gasteiger partial charge in [-0.05, 0) is 25.8 Å². The lowest BCUT2D eigenvalue weighted by molar-refractivity contribution is -0.153. The third kappa shape index (κ3) is 2.56. The van der Waals surface area contributed by atoms with Crippen molar-refractivity contribution in [3.05, 3.63) is 30.0 Å². The zero-order valence-corrected chi connectivity index (χ0v) is 12.5. The largest absolute Gasteiger partial charge is 0.481 e. The Morgan fingerprint density at radius 2 is 2.18 bits per heavy atom. The molecule has 0 radical (unpaired) electrons. The number of hydrogen-bond acceptors (Lipinski definition) is 3. The second-order valence-corrected chi connectivity index (χ2v) is 6.18. The Labute approximate surface area is 128 Å². The predicted molar refractivity (Wildman–Crippen MR) is 81.4 cm³/mol. The van der Waals surface area contributed by atoms with E-state index in [0.717, 1.165) is 23.0 Å². The minimum atomic E-state index is -0.843. The van der Waals surface area contributed by atoms with Gasteiger partial charge in [0.2, 0.25) is 5.91 Å². The molecule has 116 valence electrons. The zero-order valence-electron chi connectivity index (χ0n) is 12.5. The number of aromatic amines is 1. The highest BCUT2D eigenvalue weighted by molar-refractivity contribution is 5.87. The number of nitrogens with zero attached hydrogens (tertiary/aromatic N) is 2. The van der Waals surface area contributed by atoms with Crippen LogP contribution in [0.4, 0.5) is 0 Å². The first kappa shape index (κ1) is 14.6. The number of amides is 1. The van der Waals surface area contributed by atoms with Crippen molar-refractivity contribution in [2.24, 2.45) is 5.41 Å². The highest BCUT2D eigenvalue weighted by Gasteiger charge is 2.39. The Balaban J connectivity index is 1.76. The third-order valence-electron chi connectivity index (χ3n) is 4.43. The maximum absolute atomic E-state index is 12.5. The van der Waals surface area contributed by atoms with Crippen LogP contribution in [0, 0.1) is 5.41 Å². The van der Waals surface area contributed by atoms with Crippen LogP contribution in [0.25, 0.3) is 10.9 Å². The molecular formula is C16H19N3O3. The minimum absolute atomic E-state index is 0.0541. The number of para-hydroxylation sites is 1. The van der Waals surface area contributed by atoms with Crippen molar-refractivity contribution in [3.63, 3.8) is 0 Å². The third-order valence-corrected chi connectivity index (χ3v) is 4.43. The van der Waals surface area contributed by atoms with Gasteiger partial charge in [-0.2, -0.15) is 5.10 Å². The maximum Gasteiger partial charge on any atom is 0.311 e. The Bertz CT molecular complexity index is 724. The number of carbonyl (C=O) groups is 2. The van der Waals surface area contributed by atoms with Gasteiger partial charge in [-0.25, -0.2) is 0 Å². The number of carboxylic acids is 1. The van der Waals surface area contributed by atoms with E-state index in [1.54, 1.807) is 11.8 Å². The standard InChI is InChI=1S/C16H19N3O3/c1-16(15(21)22)7-4-8-19(10-16)14(20)9-13-11-5-2-3-6-12(11)17-18-13/h2-3,5-6H,4,7-10H2,1H3,(H,17,18)(H,21,22). The van der Waals surface area contributed by atoms with E-state index >= 15 is 0 Å². The quantitative estimate of drug-likeness (QED) is 0.905. The van der Waals surface area contributed by atoms with Crippen molar-refractivity contribution in [2.45, 2.75) is 26.2 Å². The first-order chi connectivity index (χ1) is 10.5. The van der Waals surface area contributed by atoms with Crippen LogP contribution in [0.2, 0.25) is 0 Å². The fourth-order valence-corrected chi connectivity index (χ4v) is 3.04. The van der Waals surface area contributed by atoms with E-state index in [9.17, 15) is 14.7 Å². The number of rotatable bonds is 3. The molecule has 6 heteroatoms. The van der Waals surface area contributed by atoms with Gasteiger partial charge in [0.05, 0.1) is 23.0 Å². The molecule has 6 nitrogen and oxygen atoms in total. The molecule has 0 spiro atoms. The lowest BCUT2D eigenvalue weighted by Gasteiger charge is -2.37. The summed E-state index contributed by atoms with van der Waals surface area (Å²) < 4.78 is 0. The number of aromatic nitrogens is 2. The fourth-order valence-electron chi connectivity index (χ4n) is 3.04. The molecule has 2 heterocycles. The predicted octanol–water partition coefficient (Wildman–Crippen LogP) is 1.82. The molecule has 0 saturated carbocycles. The number of fused-ring (bicyclic) bond motifs is 1. The van der Waals surface area contributed by atoms with E-state index < -0.39 is 11.4 Å². The van der Waals surface area contributed by atoms with Crippen molar-refractivity contribution in [3.8, 4) is 0 Å². The van der Waals surface area contributed by atoms with Crippen molar-refractivity contribution < 1.29 is 14.7 Å². The van der Waals surface area contributed by atoms with Crippen LogP contribution >= 0.6 is 0 Å². The first-order valence-corrected chi connectivity index (χ1v) is 7.43. The number of carbonyl (C=O) groups excluding carboxylic acids is 1. The van der Waals surface area contributed by atoms with Gasteiger partial charge in [0.1, 0.15) is 0 Å². The van der Waals surface area contributed by atoms with Gasteiger partial charge < -0.3 is 10.0 Å². The molecule has 1 fully saturated rings. The average molecular weight is 301 g/mol. The molecule has 1 atom stereocenters. The van der Waals surface area contributed by atoms with Crippen LogP contribution < -0.4 is 0 Å². The van der Waals surface area contributed by atoms with Crippen molar-refractivity contribution in [2.75, 3.05) is 13.1 Å². The molecule has 1 aliphatic heterocycles. The van der Waals surface area contributed by atoms with Crippen LogP contribution in [-0.2, 0) is 16.0 Å². The van der Waals surface area contributed by atoms with Gasteiger partial charge in [-0.1, -0.05) is 18.2 Å². The van der Waals surface area contributed by atoms with Crippen molar-refractivity contribution in [1.29, 1.82) is 0 Å². The molecule has 1 unspecified atom stereocenters. The number of carboxylic acid groups (broad SMARTS) is 1. The monoisotopic (exact) mass is 301 g/mol. The summed E-state index contributed by atoms with van der Waals surface area (Å²) >= 11 is 0.